The molecule has 0 aromatic heterocycles. The van der Waals surface area contributed by atoms with E-state index in [2.05, 4.69) is 23.8 Å². The van der Waals surface area contributed by atoms with Crippen molar-refractivity contribution in [2.45, 2.75) is 56.2 Å². The molecule has 6 rings (SSSR count). The molecule has 5 atom stereocenters. The highest BCUT2D eigenvalue weighted by molar-refractivity contribution is 5.94. The van der Waals surface area contributed by atoms with Crippen molar-refractivity contribution in [3.8, 4) is 29.1 Å². The summed E-state index contributed by atoms with van der Waals surface area (Å²) in [5.41, 5.74) is 2.38. The van der Waals surface area contributed by atoms with Crippen LogP contribution in [-0.2, 0) is 21.4 Å². The van der Waals surface area contributed by atoms with Gasteiger partial charge in [-0.3, -0.25) is 9.59 Å². The summed E-state index contributed by atoms with van der Waals surface area (Å²) in [6, 6.07) is 11.1. The third-order valence-corrected chi connectivity index (χ3v) is 8.81. The summed E-state index contributed by atoms with van der Waals surface area (Å²) in [5.74, 6) is 6.34. The van der Waals surface area contributed by atoms with E-state index in [9.17, 15) is 14.7 Å². The second kappa shape index (κ2) is 8.28. The van der Waals surface area contributed by atoms with Crippen molar-refractivity contribution in [3.05, 3.63) is 53.1 Å². The van der Waals surface area contributed by atoms with Gasteiger partial charge in [0.2, 0.25) is 0 Å². The number of likely N-dealkylation sites (N-methyl/N-ethyl adjacent to an activating group) is 2. The van der Waals surface area contributed by atoms with Gasteiger partial charge in [-0.2, -0.15) is 0 Å². The molecule has 1 saturated heterocycles. The minimum Gasteiger partial charge on any atom is -0.504 e. The number of carbonyl (C=O) groups excluding carboxylic acids is 2. The maximum Gasteiger partial charge on any atom is 0.308 e. The second-order valence-corrected chi connectivity index (χ2v) is 10.5. The molecule has 0 unspecified atom stereocenters. The van der Waals surface area contributed by atoms with Crippen molar-refractivity contribution < 1.29 is 24.2 Å². The summed E-state index contributed by atoms with van der Waals surface area (Å²) in [4.78, 5) is 29.2. The zero-order valence-corrected chi connectivity index (χ0v) is 20.8. The number of aromatic hydroxyl groups is 1. The number of nitrogens with zero attached hydrogens (tertiary/aromatic N) is 2. The number of phenols is 1. The van der Waals surface area contributed by atoms with Gasteiger partial charge in [0, 0.05) is 54.1 Å². The summed E-state index contributed by atoms with van der Waals surface area (Å²) in [5, 5.41) is 11.0. The minimum atomic E-state index is -0.414. The molecule has 186 valence electrons. The maximum atomic E-state index is 13.2. The largest absolute Gasteiger partial charge is 0.504 e. The number of rotatable bonds is 2. The Morgan fingerprint density at radius 2 is 2.03 bits per heavy atom. The molecule has 1 spiro atoms. The SMILES string of the molecule is CC(=O)Oc1cc(O)c2c3c1C[C@@H]1[C@@H]4CC[C@H](N(C)C(=O)C#Cc5ccccc5)[C@H](O2)[C@]34CCN1C. The van der Waals surface area contributed by atoms with Gasteiger partial charge in [-0.05, 0) is 57.3 Å². The lowest BCUT2D eigenvalue weighted by Gasteiger charge is -2.59. The molecule has 2 heterocycles. The lowest BCUT2D eigenvalue weighted by molar-refractivity contribution is -0.134. The van der Waals surface area contributed by atoms with E-state index in [1.54, 1.807) is 11.9 Å². The first-order valence-corrected chi connectivity index (χ1v) is 12.6. The van der Waals surface area contributed by atoms with Gasteiger partial charge in [-0.1, -0.05) is 24.1 Å². The molecule has 2 fully saturated rings. The molecule has 1 amide bonds. The number of benzene rings is 2. The van der Waals surface area contributed by atoms with E-state index in [4.69, 9.17) is 9.47 Å². The molecule has 0 radical (unpaired) electrons. The molecule has 2 aromatic rings. The third kappa shape index (κ3) is 3.24. The van der Waals surface area contributed by atoms with E-state index in [-0.39, 0.29) is 35.3 Å². The maximum absolute atomic E-state index is 13.2. The van der Waals surface area contributed by atoms with Crippen LogP contribution >= 0.6 is 0 Å². The van der Waals surface area contributed by atoms with Crippen molar-refractivity contribution >= 4 is 11.9 Å². The van der Waals surface area contributed by atoms with Crippen molar-refractivity contribution in [1.29, 1.82) is 0 Å². The van der Waals surface area contributed by atoms with Crippen LogP contribution in [0.1, 0.15) is 42.9 Å². The van der Waals surface area contributed by atoms with Gasteiger partial charge in [0.15, 0.2) is 11.5 Å². The lowest BCUT2D eigenvalue weighted by atomic mass is 9.51. The van der Waals surface area contributed by atoms with Crippen LogP contribution in [0.15, 0.2) is 36.4 Å². The van der Waals surface area contributed by atoms with Gasteiger partial charge >= 0.3 is 5.97 Å². The number of ether oxygens (including phenoxy) is 2. The number of likely N-dealkylation sites (tertiary alicyclic amines) is 1. The fourth-order valence-corrected chi connectivity index (χ4v) is 7.29. The smallest absolute Gasteiger partial charge is 0.308 e. The Hall–Kier alpha value is -3.50. The molecule has 2 bridgehead atoms. The van der Waals surface area contributed by atoms with Crippen molar-refractivity contribution in [2.24, 2.45) is 5.92 Å². The number of esters is 1. The van der Waals surface area contributed by atoms with Gasteiger partial charge in [-0.15, -0.1) is 0 Å². The van der Waals surface area contributed by atoms with Gasteiger partial charge in [0.1, 0.15) is 11.9 Å². The average molecular weight is 487 g/mol. The third-order valence-electron chi connectivity index (χ3n) is 8.81. The fraction of sp³-hybridized carbons (Fsp3) is 0.448. The topological polar surface area (TPSA) is 79.3 Å². The molecule has 1 N–H and O–H groups in total. The van der Waals surface area contributed by atoms with Crippen LogP contribution in [0.2, 0.25) is 0 Å². The molecule has 2 aliphatic carbocycles. The molecule has 1 saturated carbocycles. The number of carbonyl (C=O) groups is 2. The molecule has 36 heavy (non-hydrogen) atoms. The van der Waals surface area contributed by atoms with Gasteiger partial charge in [0.05, 0.1) is 6.04 Å². The van der Waals surface area contributed by atoms with E-state index >= 15 is 0 Å². The lowest BCUT2D eigenvalue weighted by Crippen LogP contribution is -2.68. The Bertz CT molecular complexity index is 1310. The average Bonchev–Trinajstić information content (AvgIpc) is 3.21. The van der Waals surface area contributed by atoms with Crippen LogP contribution in [0.4, 0.5) is 0 Å². The Morgan fingerprint density at radius 3 is 2.78 bits per heavy atom. The monoisotopic (exact) mass is 486 g/mol. The molecule has 2 aliphatic heterocycles. The Kier molecular flexibility index (Phi) is 5.27. The Morgan fingerprint density at radius 1 is 1.25 bits per heavy atom. The number of hydrogen-bond acceptors (Lipinski definition) is 6. The zero-order valence-electron chi connectivity index (χ0n) is 20.8. The van der Waals surface area contributed by atoms with Crippen molar-refractivity contribution in [2.75, 3.05) is 20.6 Å². The first kappa shape index (κ1) is 22.9. The molecule has 2 aromatic carbocycles. The first-order valence-electron chi connectivity index (χ1n) is 12.6. The van der Waals surface area contributed by atoms with Crippen LogP contribution in [0.25, 0.3) is 0 Å². The molecule has 7 heteroatoms. The van der Waals surface area contributed by atoms with E-state index in [0.717, 1.165) is 48.9 Å². The van der Waals surface area contributed by atoms with E-state index in [0.29, 0.717) is 17.4 Å². The summed E-state index contributed by atoms with van der Waals surface area (Å²) in [6.45, 7) is 2.28. The van der Waals surface area contributed by atoms with E-state index < -0.39 is 5.97 Å². The second-order valence-electron chi connectivity index (χ2n) is 10.5. The summed E-state index contributed by atoms with van der Waals surface area (Å²) >= 11 is 0. The Balaban J connectivity index is 1.41. The number of amides is 1. The molecule has 7 nitrogen and oxygen atoms in total. The standard InChI is InChI=1S/C29H30N2O5/c1-17(32)35-24-16-23(33)27-26-19(24)15-22-20-10-11-21(28(36-27)29(20,26)13-14-30(22)2)31(3)25(34)12-9-18-7-5-4-6-8-18/h4-8,16,20-22,28,33H,10-11,13-15H2,1-3H3/t20-,21-,22+,28-,29-/m0/s1. The minimum absolute atomic E-state index is 0.0125. The van der Waals surface area contributed by atoms with Crippen LogP contribution in [0, 0.1) is 17.8 Å². The van der Waals surface area contributed by atoms with Crippen molar-refractivity contribution in [3.63, 3.8) is 0 Å². The summed E-state index contributed by atoms with van der Waals surface area (Å²) < 4.78 is 12.2. The number of piperidine rings is 1. The van der Waals surface area contributed by atoms with Gasteiger partial charge in [0.25, 0.3) is 5.91 Å². The fourth-order valence-electron chi connectivity index (χ4n) is 7.29. The first-order chi connectivity index (χ1) is 17.3. The van der Waals surface area contributed by atoms with Crippen molar-refractivity contribution in [1.82, 2.24) is 9.80 Å². The van der Waals surface area contributed by atoms with Crippen LogP contribution in [0.5, 0.6) is 17.2 Å². The Labute approximate surface area is 211 Å². The van der Waals surface area contributed by atoms with E-state index in [1.807, 2.05) is 30.3 Å². The highest BCUT2D eigenvalue weighted by Gasteiger charge is 2.66. The predicted octanol–water partition coefficient (Wildman–Crippen LogP) is 2.87. The predicted molar refractivity (Wildman–Crippen MR) is 133 cm³/mol. The molecular weight excluding hydrogens is 456 g/mol. The van der Waals surface area contributed by atoms with Gasteiger partial charge in [-0.25, -0.2) is 0 Å². The zero-order chi connectivity index (χ0) is 25.2. The quantitative estimate of drug-likeness (QED) is 0.400. The normalized spacial score (nSPS) is 29.3. The van der Waals surface area contributed by atoms with E-state index in [1.165, 1.54) is 13.0 Å². The highest BCUT2D eigenvalue weighted by Crippen LogP contribution is 2.65. The molecule has 4 aliphatic rings. The summed E-state index contributed by atoms with van der Waals surface area (Å²) in [7, 11) is 3.96. The number of phenolic OH excluding ortho intramolecular Hbond substituents is 1. The van der Waals surface area contributed by atoms with Crippen LogP contribution in [0.3, 0.4) is 0 Å². The van der Waals surface area contributed by atoms with Crippen LogP contribution < -0.4 is 9.47 Å². The molecular formula is C29H30N2O5. The van der Waals surface area contributed by atoms with Gasteiger partial charge < -0.3 is 24.4 Å². The summed E-state index contributed by atoms with van der Waals surface area (Å²) in [6.07, 6.45) is 3.05. The highest BCUT2D eigenvalue weighted by atomic mass is 16.5. The van der Waals surface area contributed by atoms with Crippen LogP contribution in [-0.4, -0.2) is 65.6 Å². The number of hydrogen-bond donors (Lipinski definition) is 1.